The van der Waals surface area contributed by atoms with Gasteiger partial charge in [0, 0.05) is 30.7 Å². The van der Waals surface area contributed by atoms with Gasteiger partial charge in [-0.15, -0.1) is 0 Å². The van der Waals surface area contributed by atoms with Crippen molar-refractivity contribution in [2.75, 3.05) is 17.6 Å². The van der Waals surface area contributed by atoms with Gasteiger partial charge in [0.25, 0.3) is 5.89 Å². The zero-order chi connectivity index (χ0) is 24.3. The first-order valence-corrected chi connectivity index (χ1v) is 10.9. The molecule has 0 aliphatic heterocycles. The molecule has 4 heterocycles. The Kier molecular flexibility index (Phi) is 6.46. The average Bonchev–Trinajstić information content (AvgIpc) is 3.34. The topological polar surface area (TPSA) is 162 Å². The first-order valence-electron chi connectivity index (χ1n) is 10.9. The molecule has 11 heteroatoms. The van der Waals surface area contributed by atoms with Gasteiger partial charge in [0.05, 0.1) is 29.6 Å². The molecule has 4 aromatic rings. The summed E-state index contributed by atoms with van der Waals surface area (Å²) < 4.78 is 5.54. The predicted octanol–water partition coefficient (Wildman–Crippen LogP) is 2.72. The van der Waals surface area contributed by atoms with E-state index in [1.165, 1.54) is 0 Å². The number of nitrogens with zero attached hydrogens (tertiary/aromatic N) is 7. The number of nitrogen functional groups attached to an aromatic ring is 1. The number of pyridine rings is 1. The molecule has 4 aromatic heterocycles. The van der Waals surface area contributed by atoms with E-state index in [1.54, 1.807) is 31.7 Å². The lowest BCUT2D eigenvalue weighted by Crippen LogP contribution is -2.31. The summed E-state index contributed by atoms with van der Waals surface area (Å²) in [6.45, 7) is 8.32. The van der Waals surface area contributed by atoms with Crippen molar-refractivity contribution in [1.82, 2.24) is 35.1 Å². The highest BCUT2D eigenvalue weighted by Gasteiger charge is 2.38. The number of hydrogen-bond acceptors (Lipinski definition) is 11. The van der Waals surface area contributed by atoms with E-state index in [1.807, 2.05) is 18.3 Å². The van der Waals surface area contributed by atoms with Gasteiger partial charge in [-0.25, -0.2) is 19.9 Å². The molecule has 2 atom stereocenters. The van der Waals surface area contributed by atoms with Crippen LogP contribution >= 0.6 is 0 Å². The highest BCUT2D eigenvalue weighted by atomic mass is 16.5. The molecule has 0 radical (unpaired) electrons. The second-order valence-electron chi connectivity index (χ2n) is 8.56. The maximum atomic E-state index is 9.39. The first kappa shape index (κ1) is 23.2. The smallest absolute Gasteiger partial charge is 0.278 e. The standard InChI is InChI=1S/C23H27N9O2/c1-13(2)23(4,16-5-6-17(25-10-16)15-8-29-22(24)30-9-15)21-31-20(34-32-21)18-11-28-19(12-26-18)27-7-14(3)33/h5-6,8-14,33H,7H2,1-4H3,(H,27,28)(H2,24,29,30). The van der Waals surface area contributed by atoms with Gasteiger partial charge in [-0.3, -0.25) is 4.98 Å². The third-order valence-electron chi connectivity index (χ3n) is 5.83. The Morgan fingerprint density at radius 3 is 2.29 bits per heavy atom. The van der Waals surface area contributed by atoms with E-state index in [0.29, 0.717) is 23.9 Å². The lowest BCUT2D eigenvalue weighted by molar-refractivity contribution is 0.208. The Labute approximate surface area is 196 Å². The molecule has 0 aliphatic rings. The summed E-state index contributed by atoms with van der Waals surface area (Å²) in [7, 11) is 0. The van der Waals surface area contributed by atoms with Gasteiger partial charge < -0.3 is 20.7 Å². The van der Waals surface area contributed by atoms with E-state index < -0.39 is 11.5 Å². The van der Waals surface area contributed by atoms with Crippen LogP contribution in [0.25, 0.3) is 22.8 Å². The summed E-state index contributed by atoms with van der Waals surface area (Å²) in [6.07, 6.45) is 7.72. The number of hydrogen-bond donors (Lipinski definition) is 3. The quantitative estimate of drug-likeness (QED) is 0.353. The SMILES string of the molecule is CC(O)CNc1cnc(-c2nc(C(C)(c3ccc(-c4cnc(N)nc4)nc3)C(C)C)no2)cn1. The average molecular weight is 462 g/mol. The monoisotopic (exact) mass is 461 g/mol. The van der Waals surface area contributed by atoms with Crippen LogP contribution in [0, 0.1) is 5.92 Å². The molecule has 0 saturated heterocycles. The van der Waals surface area contributed by atoms with Gasteiger partial charge in [0.1, 0.15) is 11.5 Å². The zero-order valence-electron chi connectivity index (χ0n) is 19.5. The second kappa shape index (κ2) is 9.48. The molecule has 0 saturated carbocycles. The molecule has 0 aromatic carbocycles. The summed E-state index contributed by atoms with van der Waals surface area (Å²) in [4.78, 5) is 25.9. The van der Waals surface area contributed by atoms with Gasteiger partial charge in [-0.05, 0) is 31.4 Å². The van der Waals surface area contributed by atoms with Gasteiger partial charge in [-0.2, -0.15) is 4.98 Å². The Balaban J connectivity index is 1.59. The zero-order valence-corrected chi connectivity index (χ0v) is 19.5. The molecule has 0 spiro atoms. The van der Waals surface area contributed by atoms with Crippen LogP contribution in [-0.2, 0) is 5.41 Å². The number of aliphatic hydroxyl groups excluding tert-OH is 1. The summed E-state index contributed by atoms with van der Waals surface area (Å²) in [5.74, 6) is 1.72. The van der Waals surface area contributed by atoms with Crippen LogP contribution in [0.1, 0.15) is 39.1 Å². The van der Waals surface area contributed by atoms with Gasteiger partial charge >= 0.3 is 0 Å². The largest absolute Gasteiger partial charge is 0.392 e. The summed E-state index contributed by atoms with van der Waals surface area (Å²) in [5.41, 5.74) is 7.94. The van der Waals surface area contributed by atoms with E-state index in [9.17, 15) is 5.11 Å². The third-order valence-corrected chi connectivity index (χ3v) is 5.83. The number of aromatic nitrogens is 7. The van der Waals surface area contributed by atoms with E-state index in [-0.39, 0.29) is 17.8 Å². The van der Waals surface area contributed by atoms with Crippen molar-refractivity contribution in [3.63, 3.8) is 0 Å². The van der Waals surface area contributed by atoms with Crippen molar-refractivity contribution in [2.45, 2.75) is 39.2 Å². The maximum Gasteiger partial charge on any atom is 0.278 e. The molecule has 0 amide bonds. The molecule has 176 valence electrons. The lowest BCUT2D eigenvalue weighted by Gasteiger charge is -2.30. The lowest BCUT2D eigenvalue weighted by atomic mass is 9.73. The van der Waals surface area contributed by atoms with Crippen molar-refractivity contribution < 1.29 is 9.63 Å². The van der Waals surface area contributed by atoms with E-state index in [0.717, 1.165) is 16.8 Å². The fraction of sp³-hybridized carbons (Fsp3) is 0.348. The number of aliphatic hydroxyl groups is 1. The summed E-state index contributed by atoms with van der Waals surface area (Å²) in [6, 6.07) is 3.91. The van der Waals surface area contributed by atoms with Crippen LogP contribution in [0.2, 0.25) is 0 Å². The molecular formula is C23H27N9O2. The fourth-order valence-corrected chi connectivity index (χ4v) is 3.38. The van der Waals surface area contributed by atoms with E-state index in [2.05, 4.69) is 61.1 Å². The van der Waals surface area contributed by atoms with Crippen molar-refractivity contribution in [3.8, 4) is 22.8 Å². The minimum atomic E-state index is -0.558. The minimum Gasteiger partial charge on any atom is -0.392 e. The molecule has 4 N–H and O–H groups in total. The van der Waals surface area contributed by atoms with Crippen LogP contribution in [-0.4, -0.2) is 52.8 Å². The van der Waals surface area contributed by atoms with Crippen LogP contribution in [0.5, 0.6) is 0 Å². The molecule has 4 rings (SSSR count). The Morgan fingerprint density at radius 1 is 0.971 bits per heavy atom. The molecule has 0 bridgehead atoms. The molecule has 0 fully saturated rings. The second-order valence-corrected chi connectivity index (χ2v) is 8.56. The fourth-order valence-electron chi connectivity index (χ4n) is 3.38. The van der Waals surface area contributed by atoms with Crippen molar-refractivity contribution in [3.05, 3.63) is 54.5 Å². The van der Waals surface area contributed by atoms with Crippen molar-refractivity contribution in [1.29, 1.82) is 0 Å². The van der Waals surface area contributed by atoms with Gasteiger partial charge in [0.2, 0.25) is 5.95 Å². The normalized spacial score (nSPS) is 14.1. The molecule has 11 nitrogen and oxygen atoms in total. The van der Waals surface area contributed by atoms with Gasteiger partial charge in [0.15, 0.2) is 5.82 Å². The highest BCUT2D eigenvalue weighted by Crippen LogP contribution is 2.38. The molecular weight excluding hydrogens is 434 g/mol. The van der Waals surface area contributed by atoms with Crippen LogP contribution in [0.15, 0.2) is 47.6 Å². The number of nitrogens with one attached hydrogen (secondary N) is 1. The Morgan fingerprint density at radius 2 is 1.71 bits per heavy atom. The van der Waals surface area contributed by atoms with Crippen LogP contribution in [0.3, 0.4) is 0 Å². The number of nitrogens with two attached hydrogens (primary N) is 1. The molecule has 34 heavy (non-hydrogen) atoms. The third kappa shape index (κ3) is 4.69. The number of rotatable bonds is 8. The minimum absolute atomic E-state index is 0.142. The van der Waals surface area contributed by atoms with Crippen molar-refractivity contribution in [2.24, 2.45) is 5.92 Å². The van der Waals surface area contributed by atoms with E-state index >= 15 is 0 Å². The van der Waals surface area contributed by atoms with E-state index in [4.69, 9.17) is 10.3 Å². The Hall–Kier alpha value is -3.99. The van der Waals surface area contributed by atoms with Crippen LogP contribution in [0.4, 0.5) is 11.8 Å². The molecule has 0 aliphatic carbocycles. The number of anilines is 2. The summed E-state index contributed by atoms with van der Waals surface area (Å²) >= 11 is 0. The van der Waals surface area contributed by atoms with Gasteiger partial charge in [-0.1, -0.05) is 25.1 Å². The van der Waals surface area contributed by atoms with Crippen molar-refractivity contribution >= 4 is 11.8 Å². The first-order chi connectivity index (χ1) is 16.3. The molecule has 2 unspecified atom stereocenters. The summed E-state index contributed by atoms with van der Waals surface area (Å²) in [5, 5.41) is 16.7. The highest BCUT2D eigenvalue weighted by molar-refractivity contribution is 5.57. The Bertz CT molecular complexity index is 1220. The van der Waals surface area contributed by atoms with Crippen LogP contribution < -0.4 is 11.1 Å². The maximum absolute atomic E-state index is 9.39. The predicted molar refractivity (Wildman–Crippen MR) is 126 cm³/mol.